The highest BCUT2D eigenvalue weighted by Gasteiger charge is 2.59. The van der Waals surface area contributed by atoms with Gasteiger partial charge in [-0.15, -0.1) is 0 Å². The lowest BCUT2D eigenvalue weighted by molar-refractivity contribution is -0.232. The minimum Gasteiger partial charge on any atom is -0.353 e. The van der Waals surface area contributed by atoms with Crippen molar-refractivity contribution < 1.29 is 14.3 Å². The summed E-state index contributed by atoms with van der Waals surface area (Å²) in [6.07, 6.45) is 3.60. The van der Waals surface area contributed by atoms with Crippen molar-refractivity contribution in [2.75, 3.05) is 7.11 Å². The molecule has 1 aliphatic heterocycles. The molecule has 1 heterocycles. The number of ether oxygens (including phenoxy) is 2. The van der Waals surface area contributed by atoms with Crippen LogP contribution in [0.25, 0.3) is 0 Å². The predicted octanol–water partition coefficient (Wildman–Crippen LogP) is 1.12. The summed E-state index contributed by atoms with van der Waals surface area (Å²) in [6, 6.07) is 0. The Hall–Kier alpha value is -0.410. The van der Waals surface area contributed by atoms with Crippen LogP contribution in [0.2, 0.25) is 0 Å². The third kappa shape index (κ3) is 0.842. The third-order valence-corrected chi connectivity index (χ3v) is 3.94. The van der Waals surface area contributed by atoms with Gasteiger partial charge in [-0.2, -0.15) is 0 Å². The number of carbonyl (C=O) groups is 1. The summed E-state index contributed by atoms with van der Waals surface area (Å²) in [5.41, 5.74) is 0. The van der Waals surface area contributed by atoms with Crippen LogP contribution in [0.5, 0.6) is 0 Å². The molecule has 0 aromatic carbocycles. The van der Waals surface area contributed by atoms with E-state index in [-0.39, 0.29) is 12.0 Å². The SMILES string of the molecule is CO[C@@]12CC[C@H]3C[C@@H]1C[C@@H](O2)C3=O. The molecule has 0 amide bonds. The molecule has 2 saturated carbocycles. The lowest BCUT2D eigenvalue weighted by Crippen LogP contribution is -2.42. The van der Waals surface area contributed by atoms with Crippen molar-refractivity contribution in [2.24, 2.45) is 11.8 Å². The molecule has 0 aromatic rings. The molecule has 0 spiro atoms. The summed E-state index contributed by atoms with van der Waals surface area (Å²) in [6.45, 7) is 0. The van der Waals surface area contributed by atoms with Crippen LogP contribution in [0.3, 0.4) is 0 Å². The molecular formula is C10H14O3. The van der Waals surface area contributed by atoms with Gasteiger partial charge in [-0.05, 0) is 19.3 Å². The number of hydrogen-bond acceptors (Lipinski definition) is 3. The first-order chi connectivity index (χ1) is 6.25. The predicted molar refractivity (Wildman–Crippen MR) is 45.1 cm³/mol. The normalized spacial score (nSPS) is 53.0. The van der Waals surface area contributed by atoms with E-state index in [1.54, 1.807) is 7.11 Å². The number of methoxy groups -OCH3 is 1. The van der Waals surface area contributed by atoms with Gasteiger partial charge in [0.05, 0.1) is 0 Å². The number of ketones is 1. The maximum Gasteiger partial charge on any atom is 0.171 e. The molecule has 0 N–H and O–H groups in total. The quantitative estimate of drug-likeness (QED) is 0.609. The molecule has 0 aromatic heterocycles. The second-order valence-electron chi connectivity index (χ2n) is 4.43. The van der Waals surface area contributed by atoms with Crippen LogP contribution >= 0.6 is 0 Å². The van der Waals surface area contributed by atoms with Crippen LogP contribution in [0, 0.1) is 11.8 Å². The fraction of sp³-hybridized carbons (Fsp3) is 0.900. The summed E-state index contributed by atoms with van der Waals surface area (Å²) < 4.78 is 11.2. The zero-order valence-corrected chi connectivity index (χ0v) is 7.79. The van der Waals surface area contributed by atoms with Gasteiger partial charge in [-0.1, -0.05) is 0 Å². The zero-order chi connectivity index (χ0) is 9.05. The van der Waals surface area contributed by atoms with Crippen molar-refractivity contribution in [1.29, 1.82) is 0 Å². The van der Waals surface area contributed by atoms with Gasteiger partial charge in [0.15, 0.2) is 11.6 Å². The van der Waals surface area contributed by atoms with E-state index in [0.717, 1.165) is 25.7 Å². The Kier molecular flexibility index (Phi) is 1.43. The minimum atomic E-state index is -0.396. The molecule has 13 heavy (non-hydrogen) atoms. The van der Waals surface area contributed by atoms with Crippen LogP contribution in [0.4, 0.5) is 0 Å². The summed E-state index contributed by atoms with van der Waals surface area (Å²) in [4.78, 5) is 11.7. The number of fused-ring (bicyclic) bond motifs is 2. The van der Waals surface area contributed by atoms with Gasteiger partial charge in [-0.25, -0.2) is 0 Å². The monoisotopic (exact) mass is 182 g/mol. The van der Waals surface area contributed by atoms with E-state index in [2.05, 4.69) is 0 Å². The van der Waals surface area contributed by atoms with Crippen molar-refractivity contribution in [3.63, 3.8) is 0 Å². The first-order valence-corrected chi connectivity index (χ1v) is 5.02. The number of hydrogen-bond donors (Lipinski definition) is 0. The molecule has 3 rings (SSSR count). The average Bonchev–Trinajstić information content (AvgIpc) is 2.44. The largest absolute Gasteiger partial charge is 0.353 e. The van der Waals surface area contributed by atoms with E-state index in [9.17, 15) is 4.79 Å². The van der Waals surface area contributed by atoms with Crippen molar-refractivity contribution in [3.05, 3.63) is 0 Å². The Morgan fingerprint density at radius 1 is 1.54 bits per heavy atom. The fourth-order valence-corrected chi connectivity index (χ4v) is 3.21. The average molecular weight is 182 g/mol. The second-order valence-corrected chi connectivity index (χ2v) is 4.43. The van der Waals surface area contributed by atoms with Crippen LogP contribution < -0.4 is 0 Å². The number of Topliss-reactive ketones (excluding diaryl/α,β-unsaturated/α-hetero) is 1. The van der Waals surface area contributed by atoms with Crippen molar-refractivity contribution in [2.45, 2.75) is 37.6 Å². The second kappa shape index (κ2) is 2.34. The lowest BCUT2D eigenvalue weighted by Gasteiger charge is -2.38. The standard InChI is InChI=1S/C10H14O3/c1-12-10-3-2-6-4-7(10)5-8(13-10)9(6)11/h6-8H,2-5H2,1H3/t6-,7+,8+,10+/m0/s1. The van der Waals surface area contributed by atoms with Gasteiger partial charge >= 0.3 is 0 Å². The highest BCUT2D eigenvalue weighted by atomic mass is 16.7. The molecule has 1 saturated heterocycles. The van der Waals surface area contributed by atoms with Crippen molar-refractivity contribution in [3.8, 4) is 0 Å². The van der Waals surface area contributed by atoms with E-state index in [1.807, 2.05) is 0 Å². The molecule has 3 aliphatic rings. The van der Waals surface area contributed by atoms with E-state index in [1.165, 1.54) is 0 Å². The van der Waals surface area contributed by atoms with E-state index in [4.69, 9.17) is 9.47 Å². The van der Waals surface area contributed by atoms with Gasteiger partial charge in [0.2, 0.25) is 0 Å². The summed E-state index contributed by atoms with van der Waals surface area (Å²) >= 11 is 0. The van der Waals surface area contributed by atoms with Crippen LogP contribution in [-0.4, -0.2) is 24.8 Å². The lowest BCUT2D eigenvalue weighted by atomic mass is 9.70. The Balaban J connectivity index is 2.01. The molecule has 72 valence electrons. The number of carbonyl (C=O) groups excluding carboxylic acids is 1. The molecule has 3 nitrogen and oxygen atoms in total. The smallest absolute Gasteiger partial charge is 0.171 e. The van der Waals surface area contributed by atoms with Gasteiger partial charge in [0.25, 0.3) is 0 Å². The maximum absolute atomic E-state index is 11.7. The summed E-state index contributed by atoms with van der Waals surface area (Å²) in [5.74, 6) is 0.675. The number of rotatable bonds is 1. The molecule has 2 aliphatic carbocycles. The van der Waals surface area contributed by atoms with E-state index >= 15 is 0 Å². The maximum atomic E-state index is 11.7. The molecule has 3 heteroatoms. The molecule has 3 fully saturated rings. The van der Waals surface area contributed by atoms with Crippen molar-refractivity contribution >= 4 is 5.78 Å². The topological polar surface area (TPSA) is 35.5 Å². The summed E-state index contributed by atoms with van der Waals surface area (Å²) in [7, 11) is 1.70. The highest BCUT2D eigenvalue weighted by Crippen LogP contribution is 2.53. The fourth-order valence-electron chi connectivity index (χ4n) is 3.21. The minimum absolute atomic E-state index is 0.147. The molecule has 0 unspecified atom stereocenters. The molecule has 3 bridgehead atoms. The van der Waals surface area contributed by atoms with Crippen LogP contribution in [0.15, 0.2) is 0 Å². The van der Waals surface area contributed by atoms with Gasteiger partial charge < -0.3 is 9.47 Å². The highest BCUT2D eigenvalue weighted by molar-refractivity contribution is 5.87. The van der Waals surface area contributed by atoms with Gasteiger partial charge in [-0.3, -0.25) is 4.79 Å². The van der Waals surface area contributed by atoms with E-state index < -0.39 is 5.79 Å². The van der Waals surface area contributed by atoms with Gasteiger partial charge in [0.1, 0.15) is 6.10 Å². The third-order valence-electron chi connectivity index (χ3n) is 3.94. The van der Waals surface area contributed by atoms with Crippen molar-refractivity contribution in [1.82, 2.24) is 0 Å². The summed E-state index contributed by atoms with van der Waals surface area (Å²) in [5, 5.41) is 0. The first kappa shape index (κ1) is 7.94. The van der Waals surface area contributed by atoms with Crippen LogP contribution in [-0.2, 0) is 14.3 Å². The molecule has 0 radical (unpaired) electrons. The Morgan fingerprint density at radius 2 is 2.38 bits per heavy atom. The molecule has 4 atom stereocenters. The van der Waals surface area contributed by atoms with Gasteiger partial charge in [0, 0.05) is 25.4 Å². The zero-order valence-electron chi connectivity index (χ0n) is 7.79. The van der Waals surface area contributed by atoms with E-state index in [0.29, 0.717) is 11.7 Å². The Bertz CT molecular complexity index is 263. The first-order valence-electron chi connectivity index (χ1n) is 5.02. The van der Waals surface area contributed by atoms with Crippen LogP contribution in [0.1, 0.15) is 25.7 Å². The Labute approximate surface area is 77.4 Å². The molecular weight excluding hydrogens is 168 g/mol. The Morgan fingerprint density at radius 3 is 3.15 bits per heavy atom.